The minimum Gasteiger partial charge on any atom is -0.478 e. The Morgan fingerprint density at radius 2 is 1.95 bits per heavy atom. The Labute approximate surface area is 116 Å². The minimum absolute atomic E-state index is 0.165. The number of rotatable bonds is 5. The van der Waals surface area contributed by atoms with Gasteiger partial charge in [0.05, 0.1) is 17.8 Å². The van der Waals surface area contributed by atoms with Gasteiger partial charge in [0.2, 0.25) is 0 Å². The van der Waals surface area contributed by atoms with E-state index in [9.17, 15) is 9.18 Å². The maximum absolute atomic E-state index is 12.9. The fraction of sp³-hybridized carbons (Fsp3) is 0.200. The Morgan fingerprint density at radius 3 is 2.45 bits per heavy atom. The third-order valence-electron chi connectivity index (χ3n) is 3.00. The molecule has 0 unspecified atom stereocenters. The van der Waals surface area contributed by atoms with Crippen LogP contribution in [0.2, 0.25) is 0 Å². The molecule has 1 heterocycles. The van der Waals surface area contributed by atoms with Crippen molar-refractivity contribution in [2.45, 2.75) is 13.5 Å². The molecule has 4 nitrogen and oxygen atoms in total. The van der Waals surface area contributed by atoms with E-state index in [0.717, 1.165) is 17.9 Å². The van der Waals surface area contributed by atoms with Gasteiger partial charge in [0.15, 0.2) is 0 Å². The first-order chi connectivity index (χ1) is 9.60. The van der Waals surface area contributed by atoms with Gasteiger partial charge in [-0.2, -0.15) is 0 Å². The van der Waals surface area contributed by atoms with Gasteiger partial charge in [-0.3, -0.25) is 4.98 Å². The molecule has 0 spiro atoms. The second-order valence-electron chi connectivity index (χ2n) is 4.33. The van der Waals surface area contributed by atoms with E-state index in [1.807, 2.05) is 11.8 Å². The lowest BCUT2D eigenvalue weighted by Gasteiger charge is -2.22. The summed E-state index contributed by atoms with van der Waals surface area (Å²) in [6.45, 7) is 3.28. The molecule has 1 aromatic heterocycles. The van der Waals surface area contributed by atoms with Crippen molar-refractivity contribution >= 4 is 11.7 Å². The first-order valence-corrected chi connectivity index (χ1v) is 6.29. The Morgan fingerprint density at radius 1 is 1.25 bits per heavy atom. The van der Waals surface area contributed by atoms with Crippen molar-refractivity contribution in [2.24, 2.45) is 0 Å². The standard InChI is InChI=1S/C15H15FN2O2/c1-2-18(14-7-4-12(16)5-8-14)10-13-6-3-11(9-17-13)15(19)20/h3-9H,2,10H2,1H3,(H,19,20). The third-order valence-corrected chi connectivity index (χ3v) is 3.00. The first-order valence-electron chi connectivity index (χ1n) is 6.29. The number of carboxylic acid groups (broad SMARTS) is 1. The fourth-order valence-corrected chi connectivity index (χ4v) is 1.88. The van der Waals surface area contributed by atoms with Crippen molar-refractivity contribution in [1.29, 1.82) is 0 Å². The van der Waals surface area contributed by atoms with Gasteiger partial charge in [0, 0.05) is 18.4 Å². The third kappa shape index (κ3) is 3.32. The second-order valence-corrected chi connectivity index (χ2v) is 4.33. The monoisotopic (exact) mass is 274 g/mol. The van der Waals surface area contributed by atoms with Crippen LogP contribution in [0, 0.1) is 5.82 Å². The van der Waals surface area contributed by atoms with Gasteiger partial charge in [0.1, 0.15) is 5.82 Å². The number of halogens is 1. The molecular formula is C15H15FN2O2. The SMILES string of the molecule is CCN(Cc1ccc(C(=O)O)cn1)c1ccc(F)cc1. The van der Waals surface area contributed by atoms with Crippen molar-refractivity contribution in [2.75, 3.05) is 11.4 Å². The van der Waals surface area contributed by atoms with Crippen LogP contribution in [0.1, 0.15) is 23.0 Å². The summed E-state index contributed by atoms with van der Waals surface area (Å²) < 4.78 is 12.9. The maximum atomic E-state index is 12.9. The van der Waals surface area contributed by atoms with E-state index in [2.05, 4.69) is 4.98 Å². The van der Waals surface area contributed by atoms with E-state index >= 15 is 0 Å². The summed E-state index contributed by atoms with van der Waals surface area (Å²) >= 11 is 0. The van der Waals surface area contributed by atoms with Gasteiger partial charge in [-0.25, -0.2) is 9.18 Å². The summed E-state index contributed by atoms with van der Waals surface area (Å²) in [5, 5.41) is 8.82. The highest BCUT2D eigenvalue weighted by molar-refractivity contribution is 5.87. The molecule has 0 bridgehead atoms. The van der Waals surface area contributed by atoms with E-state index in [4.69, 9.17) is 5.11 Å². The van der Waals surface area contributed by atoms with Crippen LogP contribution in [0.25, 0.3) is 0 Å². The average Bonchev–Trinajstić information content (AvgIpc) is 2.46. The van der Waals surface area contributed by atoms with E-state index in [1.165, 1.54) is 24.4 Å². The molecule has 20 heavy (non-hydrogen) atoms. The number of carboxylic acids is 1. The van der Waals surface area contributed by atoms with Crippen LogP contribution in [0.5, 0.6) is 0 Å². The zero-order valence-electron chi connectivity index (χ0n) is 11.1. The molecule has 0 radical (unpaired) electrons. The van der Waals surface area contributed by atoms with E-state index in [1.54, 1.807) is 18.2 Å². The lowest BCUT2D eigenvalue weighted by atomic mass is 10.2. The van der Waals surface area contributed by atoms with Crippen molar-refractivity contribution in [3.8, 4) is 0 Å². The maximum Gasteiger partial charge on any atom is 0.337 e. The van der Waals surface area contributed by atoms with Crippen LogP contribution in [0.15, 0.2) is 42.6 Å². The van der Waals surface area contributed by atoms with Crippen LogP contribution >= 0.6 is 0 Å². The quantitative estimate of drug-likeness (QED) is 0.910. The number of hydrogen-bond acceptors (Lipinski definition) is 3. The molecule has 0 aliphatic heterocycles. The van der Waals surface area contributed by atoms with Gasteiger partial charge >= 0.3 is 5.97 Å². The largest absolute Gasteiger partial charge is 0.478 e. The van der Waals surface area contributed by atoms with Crippen molar-refractivity contribution in [3.05, 3.63) is 59.7 Å². The number of pyridine rings is 1. The smallest absolute Gasteiger partial charge is 0.337 e. The van der Waals surface area contributed by atoms with E-state index in [-0.39, 0.29) is 11.4 Å². The van der Waals surface area contributed by atoms with E-state index in [0.29, 0.717) is 6.54 Å². The van der Waals surface area contributed by atoms with Crippen molar-refractivity contribution < 1.29 is 14.3 Å². The predicted molar refractivity (Wildman–Crippen MR) is 74.3 cm³/mol. The molecule has 5 heteroatoms. The minimum atomic E-state index is -0.991. The molecule has 1 N–H and O–H groups in total. The Balaban J connectivity index is 2.13. The number of aromatic carboxylic acids is 1. The van der Waals surface area contributed by atoms with Crippen LogP contribution < -0.4 is 4.90 Å². The predicted octanol–water partition coefficient (Wildman–Crippen LogP) is 2.95. The molecule has 2 aromatic rings. The summed E-state index contributed by atoms with van der Waals surface area (Å²) in [4.78, 5) is 16.9. The number of anilines is 1. The molecule has 0 saturated carbocycles. The average molecular weight is 274 g/mol. The Kier molecular flexibility index (Phi) is 4.30. The van der Waals surface area contributed by atoms with E-state index < -0.39 is 5.97 Å². The lowest BCUT2D eigenvalue weighted by molar-refractivity contribution is 0.0696. The molecule has 1 aromatic carbocycles. The van der Waals surface area contributed by atoms with Gasteiger partial charge in [0.25, 0.3) is 0 Å². The van der Waals surface area contributed by atoms with Crippen molar-refractivity contribution in [1.82, 2.24) is 4.98 Å². The topological polar surface area (TPSA) is 53.4 Å². The van der Waals surface area contributed by atoms with Crippen LogP contribution in [0.4, 0.5) is 10.1 Å². The molecular weight excluding hydrogens is 259 g/mol. The highest BCUT2D eigenvalue weighted by Crippen LogP contribution is 2.17. The highest BCUT2D eigenvalue weighted by atomic mass is 19.1. The summed E-state index contributed by atoms with van der Waals surface area (Å²) in [6.07, 6.45) is 1.34. The van der Waals surface area contributed by atoms with Gasteiger partial charge < -0.3 is 10.0 Å². The van der Waals surface area contributed by atoms with Crippen LogP contribution in [0.3, 0.4) is 0 Å². The zero-order chi connectivity index (χ0) is 14.5. The number of aromatic nitrogens is 1. The number of carbonyl (C=O) groups is 1. The number of hydrogen-bond donors (Lipinski definition) is 1. The van der Waals surface area contributed by atoms with Crippen LogP contribution in [-0.4, -0.2) is 22.6 Å². The highest BCUT2D eigenvalue weighted by Gasteiger charge is 2.08. The number of nitrogens with zero attached hydrogens (tertiary/aromatic N) is 2. The molecule has 0 fully saturated rings. The molecule has 2 rings (SSSR count). The second kappa shape index (κ2) is 6.14. The van der Waals surface area contributed by atoms with Crippen molar-refractivity contribution in [3.63, 3.8) is 0 Å². The summed E-state index contributed by atoms with van der Waals surface area (Å²) in [6, 6.07) is 9.48. The summed E-state index contributed by atoms with van der Waals surface area (Å²) in [7, 11) is 0. The van der Waals surface area contributed by atoms with Gasteiger partial charge in [-0.1, -0.05) is 0 Å². The molecule has 0 amide bonds. The lowest BCUT2D eigenvalue weighted by Crippen LogP contribution is -2.22. The van der Waals surface area contributed by atoms with Gasteiger partial charge in [-0.15, -0.1) is 0 Å². The Hall–Kier alpha value is -2.43. The molecule has 0 saturated heterocycles. The molecule has 104 valence electrons. The Bertz CT molecular complexity index is 582. The van der Waals surface area contributed by atoms with Gasteiger partial charge in [-0.05, 0) is 43.3 Å². The number of benzene rings is 1. The first kappa shape index (κ1) is 14.0. The molecule has 0 aliphatic rings. The normalized spacial score (nSPS) is 10.3. The zero-order valence-corrected chi connectivity index (χ0v) is 11.1. The fourth-order valence-electron chi connectivity index (χ4n) is 1.88. The molecule has 0 aliphatic carbocycles. The molecule has 0 atom stereocenters. The summed E-state index contributed by atoms with van der Waals surface area (Å²) in [5.41, 5.74) is 1.83. The summed E-state index contributed by atoms with van der Waals surface area (Å²) in [5.74, 6) is -1.26. The van der Waals surface area contributed by atoms with Crippen LogP contribution in [-0.2, 0) is 6.54 Å².